The predicted molar refractivity (Wildman–Crippen MR) is 58.3 cm³/mol. The highest BCUT2D eigenvalue weighted by Gasteiger charge is 2.29. The van der Waals surface area contributed by atoms with E-state index >= 15 is 0 Å². The van der Waals surface area contributed by atoms with Crippen LogP contribution in [0.15, 0.2) is 24.3 Å². The second-order valence-electron chi connectivity index (χ2n) is 4.23. The highest BCUT2D eigenvalue weighted by Crippen LogP contribution is 2.29. The van der Waals surface area contributed by atoms with Crippen molar-refractivity contribution in [3.8, 4) is 0 Å². The first-order chi connectivity index (χ1) is 6.93. The smallest absolute Gasteiger partial charge is 0.302 e. The fourth-order valence-corrected chi connectivity index (χ4v) is 1.64. The monoisotopic (exact) mass is 210 g/mol. The molecule has 1 N–H and O–H groups in total. The Labute approximate surface area is 90.4 Å². The van der Waals surface area contributed by atoms with Crippen LogP contribution in [0.25, 0.3) is 0 Å². The minimum absolute atomic E-state index is 0.0434. The zero-order valence-electron chi connectivity index (χ0n) is 9.32. The fourth-order valence-electron chi connectivity index (χ4n) is 1.64. The van der Waals surface area contributed by atoms with Gasteiger partial charge in [0.2, 0.25) is 0 Å². The molecule has 0 saturated heterocycles. The normalized spacial score (nSPS) is 29.9. The first-order valence-corrected chi connectivity index (χ1v) is 5.13. The molecular formula is C12H18O3. The van der Waals surface area contributed by atoms with Gasteiger partial charge in [0.1, 0.15) is 12.2 Å². The molecule has 0 aromatic rings. The highest BCUT2D eigenvalue weighted by atomic mass is 16.5. The topological polar surface area (TPSA) is 46.5 Å². The average Bonchev–Trinajstić information content (AvgIpc) is 2.16. The van der Waals surface area contributed by atoms with Gasteiger partial charge in [0.25, 0.3) is 0 Å². The third-order valence-electron chi connectivity index (χ3n) is 2.69. The Morgan fingerprint density at radius 1 is 1.67 bits per heavy atom. The summed E-state index contributed by atoms with van der Waals surface area (Å²) in [7, 11) is 0. The molecule has 2 atom stereocenters. The number of ether oxygens (including phenoxy) is 1. The lowest BCUT2D eigenvalue weighted by Gasteiger charge is -2.30. The van der Waals surface area contributed by atoms with E-state index in [0.717, 1.165) is 12.0 Å². The van der Waals surface area contributed by atoms with Crippen molar-refractivity contribution in [3.63, 3.8) is 0 Å². The van der Waals surface area contributed by atoms with Crippen LogP contribution in [0.1, 0.15) is 26.7 Å². The average molecular weight is 210 g/mol. The van der Waals surface area contributed by atoms with Crippen LogP contribution < -0.4 is 0 Å². The molecule has 0 radical (unpaired) electrons. The molecule has 0 unspecified atom stereocenters. The van der Waals surface area contributed by atoms with Gasteiger partial charge in [0.15, 0.2) is 0 Å². The summed E-state index contributed by atoms with van der Waals surface area (Å²) in [4.78, 5) is 10.6. The summed E-state index contributed by atoms with van der Waals surface area (Å²) in [6, 6.07) is 0. The minimum Gasteiger partial charge on any atom is -0.462 e. The van der Waals surface area contributed by atoms with E-state index in [1.165, 1.54) is 6.92 Å². The Balaban J connectivity index is 2.55. The lowest BCUT2D eigenvalue weighted by Crippen LogP contribution is -2.36. The van der Waals surface area contributed by atoms with Gasteiger partial charge < -0.3 is 9.84 Å². The molecule has 84 valence electrons. The minimum atomic E-state index is -0.988. The second-order valence-corrected chi connectivity index (χ2v) is 4.23. The van der Waals surface area contributed by atoms with E-state index in [9.17, 15) is 9.90 Å². The molecule has 0 saturated carbocycles. The van der Waals surface area contributed by atoms with Crippen LogP contribution in [0.3, 0.4) is 0 Å². The Bertz CT molecular complexity index is 293. The van der Waals surface area contributed by atoms with Crippen LogP contribution in [0.5, 0.6) is 0 Å². The van der Waals surface area contributed by atoms with Crippen LogP contribution in [0, 0.1) is 5.92 Å². The molecule has 0 amide bonds. The summed E-state index contributed by atoms with van der Waals surface area (Å²) in [5.41, 5.74) is 0.109. The van der Waals surface area contributed by atoms with Crippen molar-refractivity contribution >= 4 is 5.97 Å². The van der Waals surface area contributed by atoms with Crippen molar-refractivity contribution in [2.75, 3.05) is 6.61 Å². The zero-order valence-corrected chi connectivity index (χ0v) is 9.32. The lowest BCUT2D eigenvalue weighted by molar-refractivity contribution is -0.147. The summed E-state index contributed by atoms with van der Waals surface area (Å²) < 4.78 is 4.82. The van der Waals surface area contributed by atoms with Gasteiger partial charge >= 0.3 is 5.97 Å². The molecule has 0 aliphatic heterocycles. The van der Waals surface area contributed by atoms with Crippen molar-refractivity contribution in [3.05, 3.63) is 24.3 Å². The molecular weight excluding hydrogens is 192 g/mol. The van der Waals surface area contributed by atoms with E-state index in [0.29, 0.717) is 12.3 Å². The predicted octanol–water partition coefficient (Wildman–Crippen LogP) is 1.82. The van der Waals surface area contributed by atoms with Crippen molar-refractivity contribution < 1.29 is 14.6 Å². The van der Waals surface area contributed by atoms with E-state index in [4.69, 9.17) is 4.74 Å². The highest BCUT2D eigenvalue weighted by molar-refractivity contribution is 5.66. The molecule has 1 aliphatic rings. The lowest BCUT2D eigenvalue weighted by atomic mass is 9.83. The summed E-state index contributed by atoms with van der Waals surface area (Å²) in [5.74, 6) is -0.0264. The number of hydrogen-bond acceptors (Lipinski definition) is 3. The number of rotatable bonds is 3. The SMILES string of the molecule is C=C(C)[C@H]1C=C[C@@](O)(COC(C)=O)CC1. The maximum Gasteiger partial charge on any atom is 0.302 e. The summed E-state index contributed by atoms with van der Waals surface area (Å²) >= 11 is 0. The summed E-state index contributed by atoms with van der Waals surface area (Å²) in [6.45, 7) is 7.24. The Morgan fingerprint density at radius 2 is 2.33 bits per heavy atom. The molecule has 0 bridgehead atoms. The van der Waals surface area contributed by atoms with Gasteiger partial charge in [-0.3, -0.25) is 4.79 Å². The van der Waals surface area contributed by atoms with Crippen molar-refractivity contribution in [2.45, 2.75) is 32.3 Å². The molecule has 1 rings (SSSR count). The van der Waals surface area contributed by atoms with Crippen molar-refractivity contribution in [2.24, 2.45) is 5.92 Å². The summed E-state index contributed by atoms with van der Waals surface area (Å²) in [5, 5.41) is 10.0. The fraction of sp³-hybridized carbons (Fsp3) is 0.583. The Hall–Kier alpha value is -1.09. The molecule has 0 heterocycles. The number of carbonyl (C=O) groups is 1. The molecule has 3 nitrogen and oxygen atoms in total. The molecule has 0 aromatic carbocycles. The van der Waals surface area contributed by atoms with Gasteiger partial charge in [-0.1, -0.05) is 24.3 Å². The van der Waals surface area contributed by atoms with E-state index < -0.39 is 5.60 Å². The zero-order chi connectivity index (χ0) is 11.5. The van der Waals surface area contributed by atoms with Crippen LogP contribution >= 0.6 is 0 Å². The van der Waals surface area contributed by atoms with Crippen LogP contribution in [-0.2, 0) is 9.53 Å². The second kappa shape index (κ2) is 4.62. The van der Waals surface area contributed by atoms with Gasteiger partial charge in [-0.15, -0.1) is 0 Å². The standard InChI is InChI=1S/C12H18O3/c1-9(2)11-4-6-12(14,7-5-11)8-15-10(3)13/h4,6,11,14H,1,5,7-8H2,2-3H3/t11-,12-/m0/s1. The number of allylic oxidation sites excluding steroid dienone is 2. The molecule has 0 fully saturated rings. The van der Waals surface area contributed by atoms with Crippen molar-refractivity contribution in [1.82, 2.24) is 0 Å². The number of esters is 1. The Morgan fingerprint density at radius 3 is 2.73 bits per heavy atom. The molecule has 1 aliphatic carbocycles. The third kappa shape index (κ3) is 3.51. The van der Waals surface area contributed by atoms with Crippen LogP contribution in [-0.4, -0.2) is 23.3 Å². The van der Waals surface area contributed by atoms with E-state index in [-0.39, 0.29) is 12.6 Å². The molecule has 3 heteroatoms. The molecule has 15 heavy (non-hydrogen) atoms. The van der Waals surface area contributed by atoms with Gasteiger partial charge in [0.05, 0.1) is 0 Å². The molecule has 0 spiro atoms. The van der Waals surface area contributed by atoms with E-state index in [1.54, 1.807) is 6.08 Å². The van der Waals surface area contributed by atoms with Gasteiger partial charge in [-0.25, -0.2) is 0 Å². The maximum absolute atomic E-state index is 10.6. The summed E-state index contributed by atoms with van der Waals surface area (Å²) in [6.07, 6.45) is 5.12. The van der Waals surface area contributed by atoms with Crippen LogP contribution in [0.2, 0.25) is 0 Å². The van der Waals surface area contributed by atoms with Gasteiger partial charge in [0, 0.05) is 6.92 Å². The number of aliphatic hydroxyl groups is 1. The quantitative estimate of drug-likeness (QED) is 0.571. The number of carbonyl (C=O) groups excluding carboxylic acids is 1. The van der Waals surface area contributed by atoms with Gasteiger partial charge in [-0.2, -0.15) is 0 Å². The molecule has 0 aromatic heterocycles. The van der Waals surface area contributed by atoms with E-state index in [2.05, 4.69) is 6.58 Å². The first-order valence-electron chi connectivity index (χ1n) is 5.13. The third-order valence-corrected chi connectivity index (χ3v) is 2.69. The van der Waals surface area contributed by atoms with Gasteiger partial charge in [-0.05, 0) is 25.7 Å². The van der Waals surface area contributed by atoms with E-state index in [1.807, 2.05) is 13.0 Å². The largest absolute Gasteiger partial charge is 0.462 e. The van der Waals surface area contributed by atoms with Crippen molar-refractivity contribution in [1.29, 1.82) is 0 Å². The first kappa shape index (κ1) is 12.0. The maximum atomic E-state index is 10.6. The Kier molecular flexibility index (Phi) is 3.69. The number of hydrogen-bond donors (Lipinski definition) is 1. The van der Waals surface area contributed by atoms with Crippen LogP contribution in [0.4, 0.5) is 0 Å².